The van der Waals surface area contributed by atoms with Crippen molar-refractivity contribution in [2.45, 2.75) is 159 Å². The van der Waals surface area contributed by atoms with Gasteiger partial charge in [0.2, 0.25) is 59.1 Å². The number of carboxylic acid groups (broad SMARTS) is 1. The van der Waals surface area contributed by atoms with Crippen LogP contribution in [0.4, 0.5) is 0 Å². The molecule has 0 saturated carbocycles. The van der Waals surface area contributed by atoms with Gasteiger partial charge in [0.15, 0.2) is 5.96 Å². The number of nitrogens with zero attached hydrogens (tertiary/aromatic N) is 1. The van der Waals surface area contributed by atoms with E-state index in [2.05, 4.69) is 57.5 Å². The number of rotatable bonds is 37. The van der Waals surface area contributed by atoms with Crippen LogP contribution >= 0.6 is 0 Å². The second kappa shape index (κ2) is 34.8. The summed E-state index contributed by atoms with van der Waals surface area (Å²) in [5.74, 6) is -12.6. The van der Waals surface area contributed by atoms with Crippen molar-refractivity contribution >= 4 is 92.8 Å². The molecule has 0 bridgehead atoms. The Labute approximate surface area is 530 Å². The highest BCUT2D eigenvalue weighted by Crippen LogP contribution is 2.22. The van der Waals surface area contributed by atoms with Crippen molar-refractivity contribution in [1.82, 2.24) is 52.5 Å². The fraction of sp³-hybridized carbons (Fsp3) is 0.452. The number of aliphatic carboxylic acids is 1. The van der Waals surface area contributed by atoms with Gasteiger partial charge in [-0.1, -0.05) is 89.1 Å². The van der Waals surface area contributed by atoms with Gasteiger partial charge in [-0.15, -0.1) is 0 Å². The molecule has 23 N–H and O–H groups in total. The van der Waals surface area contributed by atoms with E-state index in [9.17, 15) is 68.1 Å². The maximum atomic E-state index is 15.0. The molecule has 3 aromatic carbocycles. The molecule has 0 aliphatic rings. The lowest BCUT2D eigenvalue weighted by Crippen LogP contribution is -2.62. The normalized spacial score (nSPS) is 15.2. The summed E-state index contributed by atoms with van der Waals surface area (Å²) in [6.07, 6.45) is 0.0498. The molecule has 0 radical (unpaired) electrons. The number of nitrogens with one attached hydrogen (secondary N) is 10. The molecule has 0 aliphatic heterocycles. The van der Waals surface area contributed by atoms with Crippen LogP contribution in [0.2, 0.25) is 0 Å². The zero-order valence-electron chi connectivity index (χ0n) is 52.0. The third kappa shape index (κ3) is 21.6. The van der Waals surface area contributed by atoms with Crippen molar-refractivity contribution in [3.8, 4) is 5.75 Å². The Morgan fingerprint density at radius 1 is 0.511 bits per heavy atom. The molecule has 0 unspecified atom stereocenters. The second-order valence-electron chi connectivity index (χ2n) is 22.8. The number of aliphatic hydroxyl groups is 1. The molecule has 0 aliphatic carbocycles. The number of amides is 10. The standard InChI is InChI=1S/C62H86N16O14/c1-6-31(3)51(59(89)72-42(17-12-24-68-62(66)67)53(83)74-46(28-49(64)82)56(86)76-47(61(91)92)27-36-30-70-41-16-11-9-14-39(36)41)78-60(90)52(32(4)7-2)77-57(87)45(26-35-29-69-40-15-10-8-13-38(35)40)73-54(84)43(22-23-48(63)81)71-55(85)44(75-58(88)50(65)33(5)79)25-34-18-20-37(80)21-19-34/h8-11,13-16,18-21,29-33,42-47,50-52,69-70,79-80H,6-7,12,17,22-28,65H2,1-5H3,(H2,63,81)(H2,64,82)(H,71,85)(H,72,89)(H,73,84)(H,74,83)(H,75,88)(H,76,86)(H,77,87)(H,78,90)(H,91,92)(H4,66,67,68)/t31-,32-,33+,42-,43-,44-,45-,46-,47-,50-,51-,52-/m0/s1. The van der Waals surface area contributed by atoms with Gasteiger partial charge in [-0.05, 0) is 79.0 Å². The Morgan fingerprint density at radius 2 is 0.935 bits per heavy atom. The van der Waals surface area contributed by atoms with Crippen LogP contribution in [0.5, 0.6) is 5.75 Å². The van der Waals surface area contributed by atoms with Crippen LogP contribution in [0.15, 0.2) is 90.2 Å². The maximum absolute atomic E-state index is 15.0. The number of guanidine groups is 1. The van der Waals surface area contributed by atoms with Crippen LogP contribution in [-0.4, -0.2) is 163 Å². The van der Waals surface area contributed by atoms with Gasteiger partial charge in [-0.25, -0.2) is 4.79 Å². The Morgan fingerprint density at radius 3 is 1.45 bits per heavy atom. The minimum atomic E-state index is -1.74. The SMILES string of the molecule is CC[C@H](C)[C@H](NC(=O)[C@H](Cc1c[nH]c2ccccc12)NC(=O)[C@H](CCC(N)=O)NC(=O)[C@H](Cc1ccc(O)cc1)NC(=O)[C@@H](N)[C@@H](C)O)C(=O)N[C@H](C(=O)N[C@@H](CCCN=C(N)N)C(=O)N[C@@H](CC(N)=O)C(=O)N[C@@H](Cc1c[nH]c2ccccc12)C(=O)O)[C@@H](C)CC. The number of aromatic hydroxyl groups is 1. The lowest BCUT2D eigenvalue weighted by atomic mass is 9.94. The monoisotopic (exact) mass is 1280 g/mol. The van der Waals surface area contributed by atoms with Crippen LogP contribution in [0.3, 0.4) is 0 Å². The average Bonchev–Trinajstić information content (AvgIpc) is 1.63. The van der Waals surface area contributed by atoms with E-state index in [1.54, 1.807) is 88.6 Å². The van der Waals surface area contributed by atoms with Gasteiger partial charge in [-0.2, -0.15) is 0 Å². The lowest BCUT2D eigenvalue weighted by Gasteiger charge is -2.31. The molecule has 12 atom stereocenters. The average molecular weight is 1280 g/mol. The molecule has 498 valence electrons. The number of benzene rings is 3. The molecule has 30 heteroatoms. The number of phenols is 1. The molecule has 0 fully saturated rings. The summed E-state index contributed by atoms with van der Waals surface area (Å²) in [4.78, 5) is 162. The van der Waals surface area contributed by atoms with E-state index in [0.717, 1.165) is 0 Å². The van der Waals surface area contributed by atoms with Gasteiger partial charge in [-0.3, -0.25) is 52.9 Å². The van der Waals surface area contributed by atoms with Crippen LogP contribution < -0.4 is 71.2 Å². The number of fused-ring (bicyclic) bond motifs is 2. The number of carbonyl (C=O) groups is 11. The molecule has 2 heterocycles. The molecular formula is C62H86N16O14. The summed E-state index contributed by atoms with van der Waals surface area (Å²) in [6.45, 7) is 8.01. The number of H-pyrrole nitrogens is 2. The van der Waals surface area contributed by atoms with Crippen LogP contribution in [0, 0.1) is 11.8 Å². The van der Waals surface area contributed by atoms with E-state index in [1.165, 1.54) is 31.2 Å². The summed E-state index contributed by atoms with van der Waals surface area (Å²) in [6, 6.07) is 6.12. The molecule has 0 saturated heterocycles. The molecule has 10 amide bonds. The Bertz CT molecular complexity index is 3440. The minimum absolute atomic E-state index is 0.0309. The first-order valence-electron chi connectivity index (χ1n) is 30.2. The van der Waals surface area contributed by atoms with E-state index in [1.807, 2.05) is 0 Å². The Balaban J connectivity index is 1.42. The summed E-state index contributed by atoms with van der Waals surface area (Å²) >= 11 is 0. The molecule has 30 nitrogen and oxygen atoms in total. The van der Waals surface area contributed by atoms with Gasteiger partial charge in [0, 0.05) is 66.4 Å². The number of aromatic nitrogens is 2. The second-order valence-corrected chi connectivity index (χ2v) is 22.8. The number of hydrogen-bond donors (Lipinski definition) is 18. The van der Waals surface area contributed by atoms with Crippen molar-refractivity contribution in [2.24, 2.45) is 45.5 Å². The zero-order chi connectivity index (χ0) is 67.9. The van der Waals surface area contributed by atoms with Crippen molar-refractivity contribution < 1.29 is 68.1 Å². The molecule has 5 aromatic rings. The number of carbonyl (C=O) groups excluding carboxylic acids is 10. The number of aromatic amines is 2. The zero-order valence-corrected chi connectivity index (χ0v) is 52.0. The van der Waals surface area contributed by atoms with E-state index < -0.39 is 157 Å². The highest BCUT2D eigenvalue weighted by molar-refractivity contribution is 6.00. The smallest absolute Gasteiger partial charge is 0.326 e. The molecule has 2 aromatic heterocycles. The Kier molecular flexibility index (Phi) is 27.4. The number of hydrogen-bond acceptors (Lipinski definition) is 15. The first-order chi connectivity index (χ1) is 43.6. The fourth-order valence-electron chi connectivity index (χ4n) is 10.0. The van der Waals surface area contributed by atoms with E-state index in [-0.39, 0.29) is 63.2 Å². The third-order valence-corrected chi connectivity index (χ3v) is 15.8. The maximum Gasteiger partial charge on any atom is 0.326 e. The van der Waals surface area contributed by atoms with E-state index >= 15 is 0 Å². The van der Waals surface area contributed by atoms with Crippen molar-refractivity contribution in [3.05, 3.63) is 102 Å². The summed E-state index contributed by atoms with van der Waals surface area (Å²) in [5.41, 5.74) is 31.0. The summed E-state index contributed by atoms with van der Waals surface area (Å²) in [5, 5.41) is 52.3. The van der Waals surface area contributed by atoms with Gasteiger partial charge in [0.1, 0.15) is 60.1 Å². The van der Waals surface area contributed by atoms with Gasteiger partial charge in [0.05, 0.1) is 12.5 Å². The number of carboxylic acids is 1. The molecule has 0 spiro atoms. The minimum Gasteiger partial charge on any atom is -0.508 e. The number of aliphatic hydroxyl groups excluding tert-OH is 1. The van der Waals surface area contributed by atoms with E-state index in [0.29, 0.717) is 38.5 Å². The molecular weight excluding hydrogens is 1190 g/mol. The Hall–Kier alpha value is -10.1. The van der Waals surface area contributed by atoms with Crippen LogP contribution in [0.25, 0.3) is 21.8 Å². The predicted octanol–water partition coefficient (Wildman–Crippen LogP) is -1.66. The number of para-hydroxylation sites is 2. The van der Waals surface area contributed by atoms with Crippen LogP contribution in [0.1, 0.15) is 96.3 Å². The van der Waals surface area contributed by atoms with Gasteiger partial charge in [0.25, 0.3) is 0 Å². The third-order valence-electron chi connectivity index (χ3n) is 15.8. The quantitative estimate of drug-likeness (QED) is 0.0120. The van der Waals surface area contributed by atoms with E-state index in [4.69, 9.17) is 28.7 Å². The topological polar surface area (TPSA) is 519 Å². The summed E-state index contributed by atoms with van der Waals surface area (Å²) in [7, 11) is 0. The molecule has 5 rings (SSSR count). The first-order valence-corrected chi connectivity index (χ1v) is 30.2. The molecule has 92 heavy (non-hydrogen) atoms. The highest BCUT2D eigenvalue weighted by Gasteiger charge is 2.38. The highest BCUT2D eigenvalue weighted by atomic mass is 16.4. The number of primary amides is 2. The van der Waals surface area contributed by atoms with Crippen molar-refractivity contribution in [3.63, 3.8) is 0 Å². The number of nitrogens with two attached hydrogens (primary N) is 5. The van der Waals surface area contributed by atoms with Crippen molar-refractivity contribution in [2.75, 3.05) is 6.54 Å². The predicted molar refractivity (Wildman–Crippen MR) is 340 cm³/mol. The fourth-order valence-corrected chi connectivity index (χ4v) is 10.0. The largest absolute Gasteiger partial charge is 0.508 e. The first kappa shape index (κ1) is 72.6. The summed E-state index contributed by atoms with van der Waals surface area (Å²) < 4.78 is 0. The number of aliphatic imine (C=N–C) groups is 1. The number of phenolic OH excluding ortho intramolecular Hbond substituents is 1. The van der Waals surface area contributed by atoms with Gasteiger partial charge < -0.3 is 96.5 Å². The van der Waals surface area contributed by atoms with Crippen molar-refractivity contribution in [1.29, 1.82) is 0 Å². The van der Waals surface area contributed by atoms with Crippen LogP contribution in [-0.2, 0) is 72.0 Å². The van der Waals surface area contributed by atoms with Gasteiger partial charge >= 0.3 is 5.97 Å². The lowest BCUT2D eigenvalue weighted by molar-refractivity contribution is -0.142.